The molecule has 2 aromatic rings. The maximum Gasteiger partial charge on any atom is 0.332 e. The van der Waals surface area contributed by atoms with Crippen molar-refractivity contribution in [2.75, 3.05) is 19.3 Å². The lowest BCUT2D eigenvalue weighted by atomic mass is 10.1. The third-order valence-electron chi connectivity index (χ3n) is 4.12. The van der Waals surface area contributed by atoms with Gasteiger partial charge < -0.3 is 5.73 Å². The number of benzene rings is 1. The summed E-state index contributed by atoms with van der Waals surface area (Å²) in [5.74, 6) is -0.501. The van der Waals surface area contributed by atoms with Crippen molar-refractivity contribution in [1.82, 2.24) is 14.0 Å². The van der Waals surface area contributed by atoms with Crippen LogP contribution >= 0.6 is 11.6 Å². The molecular weight excluding hydrogens is 356 g/mol. The van der Waals surface area contributed by atoms with Crippen LogP contribution < -0.4 is 17.0 Å². The first kappa shape index (κ1) is 19.9. The number of halogens is 1. The predicted molar refractivity (Wildman–Crippen MR) is 103 cm³/mol. The summed E-state index contributed by atoms with van der Waals surface area (Å²) in [6.07, 6.45) is 0.655. The molecule has 0 saturated heterocycles. The first-order valence-corrected chi connectivity index (χ1v) is 8.70. The molecule has 1 heterocycles. The van der Waals surface area contributed by atoms with Gasteiger partial charge in [0.15, 0.2) is 5.78 Å². The number of hydrogen-bond acceptors (Lipinski definition) is 5. The van der Waals surface area contributed by atoms with Crippen LogP contribution in [0.1, 0.15) is 29.3 Å². The maximum absolute atomic E-state index is 12.7. The van der Waals surface area contributed by atoms with Gasteiger partial charge in [-0.15, -0.1) is 0 Å². The minimum Gasteiger partial charge on any atom is -0.384 e. The molecular formula is C18H23ClN4O3. The average Bonchev–Trinajstić information content (AvgIpc) is 2.59. The Labute approximate surface area is 156 Å². The summed E-state index contributed by atoms with van der Waals surface area (Å²) in [7, 11) is 3.10. The van der Waals surface area contributed by atoms with Crippen molar-refractivity contribution in [3.63, 3.8) is 0 Å². The predicted octanol–water partition coefficient (Wildman–Crippen LogP) is 1.51. The molecule has 0 spiro atoms. The van der Waals surface area contributed by atoms with Gasteiger partial charge in [-0.2, -0.15) is 0 Å². The Morgan fingerprint density at radius 3 is 2.54 bits per heavy atom. The monoisotopic (exact) mass is 378 g/mol. The average molecular weight is 379 g/mol. The number of carbonyl (C=O) groups excluding carboxylic acids is 1. The van der Waals surface area contributed by atoms with Crippen LogP contribution in [0.4, 0.5) is 5.82 Å². The molecule has 0 bridgehead atoms. The number of nitrogens with two attached hydrogens (primary N) is 1. The fourth-order valence-corrected chi connectivity index (χ4v) is 2.98. The third kappa shape index (κ3) is 4.05. The summed E-state index contributed by atoms with van der Waals surface area (Å²) in [4.78, 5) is 39.1. The second-order valence-electron chi connectivity index (χ2n) is 6.25. The number of rotatable bonds is 7. The Bertz CT molecular complexity index is 933. The number of nitrogen functional groups attached to an aromatic ring is 1. The van der Waals surface area contributed by atoms with Gasteiger partial charge in [-0.25, -0.2) is 4.79 Å². The van der Waals surface area contributed by atoms with E-state index in [1.807, 2.05) is 25.1 Å². The number of hydrogen-bond donors (Lipinski definition) is 1. The zero-order valence-electron chi connectivity index (χ0n) is 15.2. The van der Waals surface area contributed by atoms with Gasteiger partial charge in [0.1, 0.15) is 11.4 Å². The fourth-order valence-electron chi connectivity index (χ4n) is 2.78. The van der Waals surface area contributed by atoms with Crippen molar-refractivity contribution in [3.05, 3.63) is 61.3 Å². The van der Waals surface area contributed by atoms with Crippen LogP contribution in [-0.2, 0) is 20.1 Å². The summed E-state index contributed by atoms with van der Waals surface area (Å²) < 4.78 is 2.19. The van der Waals surface area contributed by atoms with Gasteiger partial charge in [0, 0.05) is 25.2 Å². The standard InChI is InChI=1S/C18H23ClN4O3/c1-4-9-23-16(20)15(17(25)22(3)18(23)26)14(24)11-21(2)10-12-7-5-6-8-13(12)19/h5-8H,4,9-11,20H2,1-3H3. The van der Waals surface area contributed by atoms with E-state index < -0.39 is 17.0 Å². The molecule has 0 aliphatic rings. The van der Waals surface area contributed by atoms with Crippen molar-refractivity contribution in [2.45, 2.75) is 26.4 Å². The number of carbonyl (C=O) groups is 1. The topological polar surface area (TPSA) is 90.3 Å². The van der Waals surface area contributed by atoms with E-state index in [2.05, 4.69) is 0 Å². The van der Waals surface area contributed by atoms with Gasteiger partial charge in [0.25, 0.3) is 5.56 Å². The normalized spacial score (nSPS) is 11.1. The molecule has 0 atom stereocenters. The van der Waals surface area contributed by atoms with Gasteiger partial charge in [-0.3, -0.25) is 23.6 Å². The van der Waals surface area contributed by atoms with Crippen molar-refractivity contribution >= 4 is 23.2 Å². The molecule has 0 saturated carbocycles. The Morgan fingerprint density at radius 1 is 1.27 bits per heavy atom. The van der Waals surface area contributed by atoms with Crippen molar-refractivity contribution in [3.8, 4) is 0 Å². The molecule has 0 fully saturated rings. The van der Waals surface area contributed by atoms with Crippen LogP contribution in [0.15, 0.2) is 33.9 Å². The first-order chi connectivity index (χ1) is 12.3. The fraction of sp³-hybridized carbons (Fsp3) is 0.389. The highest BCUT2D eigenvalue weighted by atomic mass is 35.5. The summed E-state index contributed by atoms with van der Waals surface area (Å²) in [6, 6.07) is 7.35. The van der Waals surface area contributed by atoms with E-state index in [1.165, 1.54) is 11.6 Å². The zero-order chi connectivity index (χ0) is 19.4. The van der Waals surface area contributed by atoms with Crippen LogP contribution in [0.2, 0.25) is 5.02 Å². The Morgan fingerprint density at radius 2 is 1.92 bits per heavy atom. The highest BCUT2D eigenvalue weighted by Crippen LogP contribution is 2.16. The van der Waals surface area contributed by atoms with Gasteiger partial charge >= 0.3 is 5.69 Å². The SMILES string of the molecule is CCCn1c(N)c(C(=O)CN(C)Cc2ccccc2Cl)c(=O)n(C)c1=O. The largest absolute Gasteiger partial charge is 0.384 e. The number of nitrogens with zero attached hydrogens (tertiary/aromatic N) is 3. The van der Waals surface area contributed by atoms with E-state index in [4.69, 9.17) is 17.3 Å². The maximum atomic E-state index is 12.7. The lowest BCUT2D eigenvalue weighted by Crippen LogP contribution is -2.43. The highest BCUT2D eigenvalue weighted by molar-refractivity contribution is 6.31. The van der Waals surface area contributed by atoms with E-state index in [9.17, 15) is 14.4 Å². The summed E-state index contributed by atoms with van der Waals surface area (Å²) in [5, 5.41) is 0.610. The highest BCUT2D eigenvalue weighted by Gasteiger charge is 2.22. The van der Waals surface area contributed by atoms with Crippen LogP contribution in [0.5, 0.6) is 0 Å². The molecule has 0 amide bonds. The smallest absolute Gasteiger partial charge is 0.332 e. The number of ketones is 1. The molecule has 2 N–H and O–H groups in total. The van der Waals surface area contributed by atoms with Gasteiger partial charge in [0.2, 0.25) is 0 Å². The van der Waals surface area contributed by atoms with Crippen LogP contribution in [0.3, 0.4) is 0 Å². The van der Waals surface area contributed by atoms with E-state index in [1.54, 1.807) is 18.0 Å². The first-order valence-electron chi connectivity index (χ1n) is 8.32. The molecule has 140 valence electrons. The summed E-state index contributed by atoms with van der Waals surface area (Å²) in [6.45, 7) is 2.65. The molecule has 0 unspecified atom stereocenters. The number of anilines is 1. The van der Waals surface area contributed by atoms with Gasteiger partial charge in [-0.1, -0.05) is 36.7 Å². The molecule has 26 heavy (non-hydrogen) atoms. The van der Waals surface area contributed by atoms with Gasteiger partial charge in [0.05, 0.1) is 6.54 Å². The van der Waals surface area contributed by atoms with Crippen molar-refractivity contribution in [1.29, 1.82) is 0 Å². The lowest BCUT2D eigenvalue weighted by Gasteiger charge is -2.18. The molecule has 7 nitrogen and oxygen atoms in total. The summed E-state index contributed by atoms with van der Waals surface area (Å²) >= 11 is 6.14. The quantitative estimate of drug-likeness (QED) is 0.737. The molecule has 1 aromatic carbocycles. The second-order valence-corrected chi connectivity index (χ2v) is 6.65. The summed E-state index contributed by atoms with van der Waals surface area (Å²) in [5.41, 5.74) is 5.52. The van der Waals surface area contributed by atoms with E-state index in [0.717, 1.165) is 10.1 Å². The zero-order valence-corrected chi connectivity index (χ0v) is 15.9. The number of Topliss-reactive ketones (excluding diaryl/α,β-unsaturated/α-hetero) is 1. The minimum atomic E-state index is -0.670. The molecule has 1 aromatic heterocycles. The van der Waals surface area contributed by atoms with Crippen LogP contribution in [-0.4, -0.2) is 33.4 Å². The Balaban J connectivity index is 2.31. The third-order valence-corrected chi connectivity index (χ3v) is 4.49. The lowest BCUT2D eigenvalue weighted by molar-refractivity contribution is 0.0941. The van der Waals surface area contributed by atoms with E-state index >= 15 is 0 Å². The van der Waals surface area contributed by atoms with E-state index in [-0.39, 0.29) is 17.9 Å². The van der Waals surface area contributed by atoms with Crippen LogP contribution in [0.25, 0.3) is 0 Å². The number of aromatic nitrogens is 2. The molecule has 8 heteroatoms. The number of likely N-dealkylation sites (N-methyl/N-ethyl adjacent to an activating group) is 1. The molecule has 0 radical (unpaired) electrons. The Hall–Kier alpha value is -2.38. The van der Waals surface area contributed by atoms with Crippen molar-refractivity contribution < 1.29 is 4.79 Å². The minimum absolute atomic E-state index is 0.0189. The van der Waals surface area contributed by atoms with Crippen molar-refractivity contribution in [2.24, 2.45) is 7.05 Å². The van der Waals surface area contributed by atoms with E-state index in [0.29, 0.717) is 24.5 Å². The van der Waals surface area contributed by atoms with Gasteiger partial charge in [-0.05, 0) is 25.1 Å². The molecule has 0 aliphatic carbocycles. The van der Waals surface area contributed by atoms with Crippen LogP contribution in [0, 0.1) is 0 Å². The Kier molecular flexibility index (Phi) is 6.39. The second kappa shape index (κ2) is 8.33. The molecule has 0 aliphatic heterocycles. The molecule has 2 rings (SSSR count).